The number of carbonyl (C=O) groups excluding carboxylic acids is 1. The first-order valence-corrected chi connectivity index (χ1v) is 7.84. The van der Waals surface area contributed by atoms with Crippen molar-refractivity contribution in [3.05, 3.63) is 29.8 Å². The van der Waals surface area contributed by atoms with Gasteiger partial charge in [0.25, 0.3) is 5.91 Å². The van der Waals surface area contributed by atoms with Crippen molar-refractivity contribution in [2.24, 2.45) is 11.1 Å². The lowest BCUT2D eigenvalue weighted by Crippen LogP contribution is -2.38. The molecule has 1 aliphatic heterocycles. The minimum absolute atomic E-state index is 0.0243. The molecule has 0 aliphatic carbocycles. The van der Waals surface area contributed by atoms with Gasteiger partial charge in [-0.1, -0.05) is 13.0 Å². The van der Waals surface area contributed by atoms with Crippen molar-refractivity contribution < 1.29 is 13.2 Å². The van der Waals surface area contributed by atoms with Crippen LogP contribution in [0.4, 0.5) is 0 Å². The molecule has 1 amide bonds. The molecule has 0 atom stereocenters. The predicted molar refractivity (Wildman–Crippen MR) is 72.1 cm³/mol. The maximum absolute atomic E-state index is 12.3. The second kappa shape index (κ2) is 5.30. The van der Waals surface area contributed by atoms with Crippen molar-refractivity contribution in [1.29, 1.82) is 0 Å². The normalized spacial score (nSPS) is 17.5. The number of carbonyl (C=O) groups is 1. The molecule has 0 aromatic heterocycles. The summed E-state index contributed by atoms with van der Waals surface area (Å²) in [7, 11) is -3.77. The lowest BCUT2D eigenvalue weighted by atomic mass is 9.98. The predicted octanol–water partition coefficient (Wildman–Crippen LogP) is 1.21. The van der Waals surface area contributed by atoms with Crippen LogP contribution in [0.3, 0.4) is 0 Å². The van der Waals surface area contributed by atoms with E-state index in [1.165, 1.54) is 12.1 Å². The fourth-order valence-corrected chi connectivity index (χ4v) is 2.76. The van der Waals surface area contributed by atoms with Crippen LogP contribution in [-0.2, 0) is 10.0 Å². The van der Waals surface area contributed by atoms with Gasteiger partial charge in [-0.15, -0.1) is 0 Å². The molecule has 1 aromatic carbocycles. The van der Waals surface area contributed by atoms with Crippen LogP contribution in [-0.4, -0.2) is 32.3 Å². The minimum Gasteiger partial charge on any atom is -0.339 e. The summed E-state index contributed by atoms with van der Waals surface area (Å²) in [5.74, 6) is 0.511. The Morgan fingerprint density at radius 3 is 2.53 bits per heavy atom. The number of likely N-dealkylation sites (tertiary alicyclic amines) is 1. The standard InChI is InChI=1S/C13H18N2O3S/c1-10-5-7-15(8-6-10)13(16)11-3-2-4-12(9-11)19(14,17)18/h2-4,9-10H,5-8H2,1H3,(H2,14,17,18). The summed E-state index contributed by atoms with van der Waals surface area (Å²) in [5, 5.41) is 5.07. The number of primary sulfonamides is 1. The van der Waals surface area contributed by atoms with Crippen molar-refractivity contribution in [2.75, 3.05) is 13.1 Å². The van der Waals surface area contributed by atoms with Gasteiger partial charge in [0, 0.05) is 18.7 Å². The first-order valence-electron chi connectivity index (χ1n) is 6.30. The van der Waals surface area contributed by atoms with Gasteiger partial charge in [0.1, 0.15) is 0 Å². The van der Waals surface area contributed by atoms with Gasteiger partial charge in [-0.3, -0.25) is 4.79 Å². The van der Waals surface area contributed by atoms with E-state index in [1.807, 2.05) is 0 Å². The van der Waals surface area contributed by atoms with Crippen LogP contribution in [0.5, 0.6) is 0 Å². The summed E-state index contributed by atoms with van der Waals surface area (Å²) in [5.41, 5.74) is 0.376. The van der Waals surface area contributed by atoms with Crippen LogP contribution < -0.4 is 5.14 Å². The molecule has 0 radical (unpaired) electrons. The van der Waals surface area contributed by atoms with Crippen molar-refractivity contribution in [2.45, 2.75) is 24.7 Å². The highest BCUT2D eigenvalue weighted by Crippen LogP contribution is 2.19. The molecule has 5 nitrogen and oxygen atoms in total. The number of amides is 1. The third-order valence-electron chi connectivity index (χ3n) is 3.48. The fourth-order valence-electron chi connectivity index (χ4n) is 2.20. The molecule has 2 rings (SSSR count). The molecule has 1 aromatic rings. The first-order chi connectivity index (χ1) is 8.88. The fraction of sp³-hybridized carbons (Fsp3) is 0.462. The molecule has 0 saturated carbocycles. The average Bonchev–Trinajstić information content (AvgIpc) is 2.38. The first kappa shape index (κ1) is 14.0. The summed E-state index contributed by atoms with van der Waals surface area (Å²) in [6.07, 6.45) is 1.97. The third-order valence-corrected chi connectivity index (χ3v) is 4.39. The van der Waals surface area contributed by atoms with Crippen LogP contribution in [0.1, 0.15) is 30.1 Å². The van der Waals surface area contributed by atoms with Gasteiger partial charge in [-0.2, -0.15) is 0 Å². The summed E-state index contributed by atoms with van der Waals surface area (Å²) in [4.78, 5) is 14.0. The maximum Gasteiger partial charge on any atom is 0.253 e. The quantitative estimate of drug-likeness (QED) is 0.885. The second-order valence-corrected chi connectivity index (χ2v) is 6.61. The van der Waals surface area contributed by atoms with Crippen LogP contribution in [0.15, 0.2) is 29.2 Å². The van der Waals surface area contributed by atoms with E-state index >= 15 is 0 Å². The molecule has 6 heteroatoms. The second-order valence-electron chi connectivity index (χ2n) is 5.05. The number of hydrogen-bond acceptors (Lipinski definition) is 3. The van der Waals surface area contributed by atoms with E-state index in [2.05, 4.69) is 6.92 Å². The van der Waals surface area contributed by atoms with E-state index in [4.69, 9.17) is 5.14 Å². The Kier molecular flexibility index (Phi) is 3.91. The average molecular weight is 282 g/mol. The highest BCUT2D eigenvalue weighted by Gasteiger charge is 2.22. The molecule has 0 bridgehead atoms. The number of sulfonamides is 1. The van der Waals surface area contributed by atoms with E-state index in [1.54, 1.807) is 17.0 Å². The largest absolute Gasteiger partial charge is 0.339 e. The molecule has 104 valence electrons. The maximum atomic E-state index is 12.3. The monoisotopic (exact) mass is 282 g/mol. The van der Waals surface area contributed by atoms with Gasteiger partial charge >= 0.3 is 0 Å². The van der Waals surface area contributed by atoms with Gasteiger partial charge in [0.2, 0.25) is 10.0 Å². The topological polar surface area (TPSA) is 80.5 Å². The van der Waals surface area contributed by atoms with E-state index < -0.39 is 10.0 Å². The number of hydrogen-bond donors (Lipinski definition) is 1. The van der Waals surface area contributed by atoms with E-state index in [0.717, 1.165) is 25.9 Å². The van der Waals surface area contributed by atoms with Crippen LogP contribution in [0.25, 0.3) is 0 Å². The van der Waals surface area contributed by atoms with E-state index in [-0.39, 0.29) is 10.8 Å². The molecule has 2 N–H and O–H groups in total. The zero-order chi connectivity index (χ0) is 14.0. The zero-order valence-corrected chi connectivity index (χ0v) is 11.7. The summed E-state index contributed by atoms with van der Waals surface area (Å²) >= 11 is 0. The Morgan fingerprint density at radius 2 is 1.95 bits per heavy atom. The van der Waals surface area contributed by atoms with Crippen molar-refractivity contribution in [3.63, 3.8) is 0 Å². The SMILES string of the molecule is CC1CCN(C(=O)c2cccc(S(N)(=O)=O)c2)CC1. The van der Waals surface area contributed by atoms with E-state index in [0.29, 0.717) is 11.5 Å². The summed E-state index contributed by atoms with van der Waals surface area (Å²) < 4.78 is 22.6. The van der Waals surface area contributed by atoms with Crippen molar-refractivity contribution in [1.82, 2.24) is 4.90 Å². The van der Waals surface area contributed by atoms with Gasteiger partial charge < -0.3 is 4.90 Å². The number of benzene rings is 1. The highest BCUT2D eigenvalue weighted by molar-refractivity contribution is 7.89. The molecule has 19 heavy (non-hydrogen) atoms. The van der Waals surface area contributed by atoms with Crippen molar-refractivity contribution in [3.8, 4) is 0 Å². The number of rotatable bonds is 2. The van der Waals surface area contributed by atoms with Crippen molar-refractivity contribution >= 4 is 15.9 Å². The molecule has 1 heterocycles. The molecular formula is C13H18N2O3S. The Balaban J connectivity index is 2.20. The van der Waals surface area contributed by atoms with Crippen LogP contribution in [0.2, 0.25) is 0 Å². The van der Waals surface area contributed by atoms with Gasteiger partial charge in [-0.05, 0) is 37.0 Å². The van der Waals surface area contributed by atoms with Gasteiger partial charge in [-0.25, -0.2) is 13.6 Å². The molecule has 1 aliphatic rings. The highest BCUT2D eigenvalue weighted by atomic mass is 32.2. The Hall–Kier alpha value is -1.40. The Morgan fingerprint density at radius 1 is 1.32 bits per heavy atom. The molecule has 0 spiro atoms. The van der Waals surface area contributed by atoms with Crippen LogP contribution >= 0.6 is 0 Å². The number of nitrogens with two attached hydrogens (primary N) is 1. The summed E-state index contributed by atoms with van der Waals surface area (Å²) in [6.45, 7) is 3.61. The molecular weight excluding hydrogens is 264 g/mol. The summed E-state index contributed by atoms with van der Waals surface area (Å²) in [6, 6.07) is 5.90. The molecule has 1 fully saturated rings. The minimum atomic E-state index is -3.77. The zero-order valence-electron chi connectivity index (χ0n) is 10.9. The molecule has 0 unspecified atom stereocenters. The van der Waals surface area contributed by atoms with Crippen LogP contribution in [0, 0.1) is 5.92 Å². The van der Waals surface area contributed by atoms with E-state index in [9.17, 15) is 13.2 Å². The Labute approximate surface area is 113 Å². The smallest absolute Gasteiger partial charge is 0.253 e. The van der Waals surface area contributed by atoms with Gasteiger partial charge in [0.05, 0.1) is 4.90 Å². The lowest BCUT2D eigenvalue weighted by Gasteiger charge is -2.30. The van der Waals surface area contributed by atoms with Gasteiger partial charge in [0.15, 0.2) is 0 Å². The third kappa shape index (κ3) is 3.33. The lowest BCUT2D eigenvalue weighted by molar-refractivity contribution is 0.0697. The molecule has 1 saturated heterocycles. The number of nitrogens with zero attached hydrogens (tertiary/aromatic N) is 1. The number of piperidine rings is 1. The Bertz CT molecular complexity index is 575.